The van der Waals surface area contributed by atoms with Gasteiger partial charge in [-0.3, -0.25) is 4.79 Å². The van der Waals surface area contributed by atoms with E-state index in [0.717, 1.165) is 11.6 Å². The summed E-state index contributed by atoms with van der Waals surface area (Å²) in [5, 5.41) is 44.0. The number of aliphatic hydroxyl groups excluding tert-OH is 2. The number of carbonyl (C=O) groups excluding carboxylic acids is 1. The number of nitrogens with one attached hydrogen (secondary N) is 1. The fourth-order valence-corrected chi connectivity index (χ4v) is 5.57. The minimum Gasteiger partial charge on any atom is -0.478 e. The molecule has 2 aliphatic heterocycles. The minimum atomic E-state index is -1.83. The molecule has 0 aliphatic carbocycles. The molecule has 0 aromatic rings. The topological polar surface area (TPSA) is 155 Å². The highest BCUT2D eigenvalue weighted by Crippen LogP contribution is 2.43. The summed E-state index contributed by atoms with van der Waals surface area (Å²) in [6.07, 6.45) is 19.2. The normalized spacial score (nSPS) is 31.2. The number of carboxylic acids is 1. The largest absolute Gasteiger partial charge is 0.478 e. The number of hydrogen-bond donors (Lipinski definition) is 5. The molecule has 2 rings (SSSR count). The van der Waals surface area contributed by atoms with Crippen molar-refractivity contribution in [1.29, 1.82) is 0 Å². The summed E-state index contributed by atoms with van der Waals surface area (Å²) in [6.45, 7) is 11.4. The molecule has 10 nitrogen and oxygen atoms in total. The van der Waals surface area contributed by atoms with Crippen LogP contribution in [0.3, 0.4) is 0 Å². The van der Waals surface area contributed by atoms with Crippen LogP contribution in [0.1, 0.15) is 54.4 Å². The lowest BCUT2D eigenvalue weighted by Gasteiger charge is -2.50. The molecule has 0 aromatic carbocycles. The van der Waals surface area contributed by atoms with Crippen molar-refractivity contribution in [3.8, 4) is 0 Å². The Morgan fingerprint density at radius 2 is 1.72 bits per heavy atom. The summed E-state index contributed by atoms with van der Waals surface area (Å²) < 4.78 is 17.9. The molecule has 1 amide bonds. The second-order valence-corrected chi connectivity index (χ2v) is 12.6. The Balaban J connectivity index is 1.93. The fourth-order valence-electron chi connectivity index (χ4n) is 5.57. The van der Waals surface area contributed by atoms with Gasteiger partial charge >= 0.3 is 5.97 Å². The summed E-state index contributed by atoms with van der Waals surface area (Å²) in [4.78, 5) is 23.5. The van der Waals surface area contributed by atoms with Gasteiger partial charge in [-0.05, 0) is 26.3 Å². The Morgan fingerprint density at radius 1 is 1.04 bits per heavy atom. The zero-order valence-electron chi connectivity index (χ0n) is 28.1. The summed E-state index contributed by atoms with van der Waals surface area (Å²) in [6, 6.07) is 0. The van der Waals surface area contributed by atoms with Crippen molar-refractivity contribution in [1.82, 2.24) is 5.32 Å². The van der Waals surface area contributed by atoms with E-state index in [9.17, 15) is 24.9 Å². The van der Waals surface area contributed by atoms with Gasteiger partial charge in [0.1, 0.15) is 6.10 Å². The average molecular weight is 644 g/mol. The molecule has 2 heterocycles. The van der Waals surface area contributed by atoms with E-state index in [4.69, 9.17) is 19.3 Å². The number of hydrogen-bond acceptors (Lipinski definition) is 8. The lowest BCUT2D eigenvalue weighted by molar-refractivity contribution is -0.312. The van der Waals surface area contributed by atoms with Gasteiger partial charge in [0.05, 0.1) is 36.4 Å². The van der Waals surface area contributed by atoms with Crippen LogP contribution >= 0.6 is 0 Å². The van der Waals surface area contributed by atoms with Crippen molar-refractivity contribution in [3.05, 3.63) is 84.6 Å². The summed E-state index contributed by atoms with van der Waals surface area (Å²) >= 11 is 0. The number of methoxy groups -OCH3 is 1. The van der Waals surface area contributed by atoms with Gasteiger partial charge in [-0.15, -0.1) is 0 Å². The first-order chi connectivity index (χ1) is 21.7. The molecule has 5 N–H and O–H groups in total. The van der Waals surface area contributed by atoms with Crippen LogP contribution in [0.15, 0.2) is 84.6 Å². The Bertz CT molecular complexity index is 1210. The first-order valence-corrected chi connectivity index (χ1v) is 15.8. The van der Waals surface area contributed by atoms with Gasteiger partial charge in [-0.25, -0.2) is 4.79 Å². The predicted octanol–water partition coefficient (Wildman–Crippen LogP) is 4.16. The number of ether oxygens (including phenoxy) is 3. The van der Waals surface area contributed by atoms with E-state index in [1.807, 2.05) is 58.9 Å². The highest BCUT2D eigenvalue weighted by molar-refractivity contribution is 5.80. The maximum atomic E-state index is 13.0. The van der Waals surface area contributed by atoms with Gasteiger partial charge < -0.3 is 40.0 Å². The average Bonchev–Trinajstić information content (AvgIpc) is 3.37. The van der Waals surface area contributed by atoms with E-state index in [-0.39, 0.29) is 31.1 Å². The summed E-state index contributed by atoms with van der Waals surface area (Å²) in [5.41, 5.74) is 0.295. The molecular formula is C36H53NO9. The number of aliphatic hydroxyl groups is 3. The van der Waals surface area contributed by atoms with Crippen molar-refractivity contribution < 1.29 is 44.2 Å². The smallest absolute Gasteiger partial charge is 0.328 e. The maximum Gasteiger partial charge on any atom is 0.328 e. The van der Waals surface area contributed by atoms with E-state index < -0.39 is 53.4 Å². The molecule has 2 saturated heterocycles. The highest BCUT2D eigenvalue weighted by atomic mass is 16.6. The van der Waals surface area contributed by atoms with E-state index >= 15 is 0 Å². The Morgan fingerprint density at radius 3 is 2.37 bits per heavy atom. The summed E-state index contributed by atoms with van der Waals surface area (Å²) in [5.74, 6) is -4.24. The van der Waals surface area contributed by atoms with Crippen LogP contribution in [0, 0.1) is 17.3 Å². The van der Waals surface area contributed by atoms with Gasteiger partial charge in [-0.1, -0.05) is 93.7 Å². The summed E-state index contributed by atoms with van der Waals surface area (Å²) in [7, 11) is 1.62. The second-order valence-electron chi connectivity index (χ2n) is 12.6. The van der Waals surface area contributed by atoms with Crippen LogP contribution in [-0.4, -0.2) is 88.4 Å². The number of allylic oxidation sites excluding steroid dienone is 9. The molecule has 10 heteroatoms. The molecule has 0 bridgehead atoms. The van der Waals surface area contributed by atoms with Crippen molar-refractivity contribution in [2.45, 2.75) is 96.8 Å². The van der Waals surface area contributed by atoms with Gasteiger partial charge in [0, 0.05) is 43.9 Å². The predicted molar refractivity (Wildman–Crippen MR) is 178 cm³/mol. The van der Waals surface area contributed by atoms with Gasteiger partial charge in [-0.2, -0.15) is 0 Å². The Labute approximate surface area is 273 Å². The first kappa shape index (κ1) is 39.1. The van der Waals surface area contributed by atoms with Crippen LogP contribution in [0.2, 0.25) is 0 Å². The molecule has 9 unspecified atom stereocenters. The maximum absolute atomic E-state index is 13.0. The van der Waals surface area contributed by atoms with Crippen molar-refractivity contribution in [3.63, 3.8) is 0 Å². The molecule has 2 aliphatic rings. The molecular weight excluding hydrogens is 590 g/mol. The van der Waals surface area contributed by atoms with Crippen LogP contribution in [-0.2, 0) is 23.8 Å². The molecule has 256 valence electrons. The standard InChI is InChI=1S/C36H53NO9/c1-8-9-12-19-31-35(5,6)30(39)23-36(43,46-31)26(4)34(42)37-21-16-15-17-24(2)33(44-7)25(3)29-22-27(38)28(45-29)18-13-10-11-14-20-32(40)41/h8-20,25-31,33,38-39,43H,21-23H2,1-7H3,(H,37,42)(H,40,41). The SMILES string of the molecule is CC=CC=CC1OC(O)(C(C)C(=O)NCC=CC=C(C)C(OC)C(C)C2CC(O)C(C=CC=CC=CC(=O)O)O2)CC(O)C1(C)C. The van der Waals surface area contributed by atoms with E-state index in [2.05, 4.69) is 5.32 Å². The molecule has 9 atom stereocenters. The second kappa shape index (κ2) is 18.3. The van der Waals surface area contributed by atoms with Gasteiger partial charge in [0.25, 0.3) is 0 Å². The number of carboxylic acid groups (broad SMARTS) is 1. The molecule has 46 heavy (non-hydrogen) atoms. The van der Waals surface area contributed by atoms with Crippen LogP contribution in [0.5, 0.6) is 0 Å². The van der Waals surface area contributed by atoms with Crippen molar-refractivity contribution in [2.24, 2.45) is 17.3 Å². The van der Waals surface area contributed by atoms with E-state index in [1.165, 1.54) is 6.08 Å². The zero-order valence-corrected chi connectivity index (χ0v) is 28.1. The molecule has 2 fully saturated rings. The molecule has 0 aromatic heterocycles. The number of amides is 1. The Hall–Kier alpha value is -3.12. The van der Waals surface area contributed by atoms with Crippen LogP contribution in [0.25, 0.3) is 0 Å². The van der Waals surface area contributed by atoms with Crippen molar-refractivity contribution in [2.75, 3.05) is 13.7 Å². The molecule has 0 spiro atoms. The number of carbonyl (C=O) groups is 2. The third kappa shape index (κ3) is 11.0. The van der Waals surface area contributed by atoms with Crippen molar-refractivity contribution >= 4 is 11.9 Å². The third-order valence-electron chi connectivity index (χ3n) is 8.78. The lowest BCUT2D eigenvalue weighted by atomic mass is 9.73. The number of aliphatic carboxylic acids is 1. The van der Waals surface area contributed by atoms with E-state index in [0.29, 0.717) is 6.42 Å². The Kier molecular flexibility index (Phi) is 15.5. The highest BCUT2D eigenvalue weighted by Gasteiger charge is 2.53. The quantitative estimate of drug-likeness (QED) is 0.131. The molecule has 0 saturated carbocycles. The van der Waals surface area contributed by atoms with Gasteiger partial charge in [0.15, 0.2) is 5.79 Å². The van der Waals surface area contributed by atoms with Crippen LogP contribution < -0.4 is 5.32 Å². The lowest BCUT2D eigenvalue weighted by Crippen LogP contribution is -2.60. The number of rotatable bonds is 15. The molecule has 0 radical (unpaired) electrons. The van der Waals surface area contributed by atoms with Gasteiger partial charge in [0.2, 0.25) is 5.91 Å². The first-order valence-electron chi connectivity index (χ1n) is 15.8. The minimum absolute atomic E-state index is 0.0643. The fraction of sp³-hybridized carbons (Fsp3) is 0.556. The van der Waals surface area contributed by atoms with Crippen LogP contribution in [0.4, 0.5) is 0 Å². The third-order valence-corrected chi connectivity index (χ3v) is 8.78. The van der Waals surface area contributed by atoms with E-state index in [1.54, 1.807) is 56.6 Å². The monoisotopic (exact) mass is 643 g/mol. The zero-order chi connectivity index (χ0) is 34.5.